The highest BCUT2D eigenvalue weighted by molar-refractivity contribution is 5.35. The summed E-state index contributed by atoms with van der Waals surface area (Å²) in [5, 5.41) is 0. The number of benzene rings is 1. The van der Waals surface area contributed by atoms with Crippen molar-refractivity contribution in [3.63, 3.8) is 0 Å². The van der Waals surface area contributed by atoms with Crippen LogP contribution < -0.4 is 0 Å². The lowest BCUT2D eigenvalue weighted by molar-refractivity contribution is -0.0440. The molecule has 1 aromatic carbocycles. The Hall–Kier alpha value is -1.65. The zero-order valence-electron chi connectivity index (χ0n) is 9.17. The first-order valence-corrected chi connectivity index (χ1v) is 5.50. The van der Waals surface area contributed by atoms with Gasteiger partial charge in [-0.2, -0.15) is 0 Å². The zero-order valence-corrected chi connectivity index (χ0v) is 9.17. The van der Waals surface area contributed by atoms with Crippen molar-refractivity contribution in [2.75, 3.05) is 13.2 Å². The Labute approximate surface area is 98.4 Å². The maximum absolute atomic E-state index is 13.6. The Morgan fingerprint density at radius 3 is 2.65 bits per heavy atom. The van der Waals surface area contributed by atoms with Gasteiger partial charge in [0.2, 0.25) is 0 Å². The minimum Gasteiger partial charge on any atom is -0.346 e. The van der Waals surface area contributed by atoms with E-state index in [1.165, 1.54) is 6.07 Å². The molecule has 17 heavy (non-hydrogen) atoms. The molecule has 0 N–H and O–H groups in total. The van der Waals surface area contributed by atoms with Gasteiger partial charge in [0.25, 0.3) is 0 Å². The van der Waals surface area contributed by atoms with E-state index in [0.29, 0.717) is 18.9 Å². The number of rotatable bonds is 2. The fourth-order valence-electron chi connectivity index (χ4n) is 1.91. The molecule has 0 radical (unpaired) electrons. The van der Waals surface area contributed by atoms with Gasteiger partial charge in [-0.1, -0.05) is 12.1 Å². The van der Waals surface area contributed by atoms with Crippen LogP contribution in [0.25, 0.3) is 5.69 Å². The summed E-state index contributed by atoms with van der Waals surface area (Å²) in [6.07, 6.45) is 3.32. The molecule has 2 heterocycles. The van der Waals surface area contributed by atoms with Crippen molar-refractivity contribution >= 4 is 0 Å². The Kier molecular flexibility index (Phi) is 2.66. The third-order valence-electron chi connectivity index (χ3n) is 2.74. The standard InChI is InChI=1S/C13H12FNO2/c14-11-3-1-2-4-12(11)15-6-5-10(9-15)13-16-7-8-17-13/h1-6,9,13H,7-8H2. The van der Waals surface area contributed by atoms with Crippen LogP contribution in [0, 0.1) is 5.82 Å². The SMILES string of the molecule is Fc1ccccc1-n1ccc(C2OCCO2)c1. The Morgan fingerprint density at radius 1 is 1.12 bits per heavy atom. The van der Waals surface area contributed by atoms with Gasteiger partial charge in [0.1, 0.15) is 5.82 Å². The van der Waals surface area contributed by atoms with E-state index in [9.17, 15) is 4.39 Å². The number of hydrogen-bond donors (Lipinski definition) is 0. The summed E-state index contributed by atoms with van der Waals surface area (Å²) in [5.41, 5.74) is 1.43. The molecular weight excluding hydrogens is 221 g/mol. The third-order valence-corrected chi connectivity index (χ3v) is 2.74. The number of nitrogens with zero attached hydrogens (tertiary/aromatic N) is 1. The van der Waals surface area contributed by atoms with Crippen LogP contribution in [0.2, 0.25) is 0 Å². The van der Waals surface area contributed by atoms with Gasteiger partial charge in [0, 0.05) is 18.0 Å². The lowest BCUT2D eigenvalue weighted by Crippen LogP contribution is -1.97. The summed E-state index contributed by atoms with van der Waals surface area (Å²) in [7, 11) is 0. The van der Waals surface area contributed by atoms with E-state index in [0.717, 1.165) is 5.56 Å². The summed E-state index contributed by atoms with van der Waals surface area (Å²) in [5.74, 6) is -0.247. The van der Waals surface area contributed by atoms with Gasteiger partial charge in [-0.25, -0.2) is 4.39 Å². The number of ether oxygens (including phenoxy) is 2. The van der Waals surface area contributed by atoms with Crippen molar-refractivity contribution in [1.29, 1.82) is 0 Å². The van der Waals surface area contributed by atoms with Crippen LogP contribution in [-0.2, 0) is 9.47 Å². The molecule has 2 aromatic rings. The van der Waals surface area contributed by atoms with Crippen molar-refractivity contribution in [2.24, 2.45) is 0 Å². The summed E-state index contributed by atoms with van der Waals surface area (Å²) in [6.45, 7) is 1.21. The molecule has 0 unspecified atom stereocenters. The molecule has 0 saturated carbocycles. The van der Waals surface area contributed by atoms with Crippen molar-refractivity contribution in [1.82, 2.24) is 4.57 Å². The number of aromatic nitrogens is 1. The van der Waals surface area contributed by atoms with Gasteiger partial charge in [0.15, 0.2) is 6.29 Å². The van der Waals surface area contributed by atoms with Gasteiger partial charge >= 0.3 is 0 Å². The lowest BCUT2D eigenvalue weighted by atomic mass is 10.3. The zero-order chi connectivity index (χ0) is 11.7. The molecule has 0 bridgehead atoms. The van der Waals surface area contributed by atoms with Gasteiger partial charge in [0.05, 0.1) is 18.9 Å². The van der Waals surface area contributed by atoms with E-state index < -0.39 is 0 Å². The molecule has 4 heteroatoms. The average molecular weight is 233 g/mol. The van der Waals surface area contributed by atoms with Crippen LogP contribution in [0.3, 0.4) is 0 Å². The van der Waals surface area contributed by atoms with Crippen LogP contribution in [0.1, 0.15) is 11.9 Å². The quantitative estimate of drug-likeness (QED) is 0.796. The molecule has 1 aromatic heterocycles. The molecule has 3 nitrogen and oxygen atoms in total. The van der Waals surface area contributed by atoms with Gasteiger partial charge in [-0.3, -0.25) is 0 Å². The monoisotopic (exact) mass is 233 g/mol. The van der Waals surface area contributed by atoms with Gasteiger partial charge in [-0.05, 0) is 18.2 Å². The first-order chi connectivity index (χ1) is 8.34. The molecule has 1 aliphatic rings. The maximum Gasteiger partial charge on any atom is 0.185 e. The first-order valence-electron chi connectivity index (χ1n) is 5.50. The van der Waals surface area contributed by atoms with Crippen molar-refractivity contribution in [3.05, 3.63) is 54.1 Å². The molecule has 0 spiro atoms. The predicted octanol–water partition coefficient (Wildman–Crippen LogP) is 2.66. The van der Waals surface area contributed by atoms with E-state index in [4.69, 9.17) is 9.47 Å². The molecular formula is C13H12FNO2. The number of para-hydroxylation sites is 1. The van der Waals surface area contributed by atoms with Crippen molar-refractivity contribution in [2.45, 2.75) is 6.29 Å². The van der Waals surface area contributed by atoms with Gasteiger partial charge in [-0.15, -0.1) is 0 Å². The van der Waals surface area contributed by atoms with E-state index in [-0.39, 0.29) is 12.1 Å². The van der Waals surface area contributed by atoms with Crippen LogP contribution in [0.4, 0.5) is 4.39 Å². The minimum absolute atomic E-state index is 0.247. The second-order valence-corrected chi connectivity index (χ2v) is 3.88. The summed E-state index contributed by atoms with van der Waals surface area (Å²) < 4.78 is 26.1. The summed E-state index contributed by atoms with van der Waals surface area (Å²) in [4.78, 5) is 0. The van der Waals surface area contributed by atoms with Crippen LogP contribution in [0.5, 0.6) is 0 Å². The largest absolute Gasteiger partial charge is 0.346 e. The fraction of sp³-hybridized carbons (Fsp3) is 0.231. The molecule has 1 aliphatic heterocycles. The average Bonchev–Trinajstić information content (AvgIpc) is 3.00. The molecule has 1 fully saturated rings. The Balaban J connectivity index is 1.92. The second kappa shape index (κ2) is 4.31. The van der Waals surface area contributed by atoms with E-state index in [1.807, 2.05) is 12.3 Å². The second-order valence-electron chi connectivity index (χ2n) is 3.88. The Morgan fingerprint density at radius 2 is 1.88 bits per heavy atom. The molecule has 88 valence electrons. The fourth-order valence-corrected chi connectivity index (χ4v) is 1.91. The van der Waals surface area contributed by atoms with Crippen LogP contribution in [0.15, 0.2) is 42.7 Å². The molecule has 1 saturated heterocycles. The predicted molar refractivity (Wildman–Crippen MR) is 60.4 cm³/mol. The maximum atomic E-state index is 13.6. The topological polar surface area (TPSA) is 23.4 Å². The van der Waals surface area contributed by atoms with E-state index in [1.54, 1.807) is 29.0 Å². The van der Waals surface area contributed by atoms with E-state index in [2.05, 4.69) is 0 Å². The van der Waals surface area contributed by atoms with Crippen LogP contribution >= 0.6 is 0 Å². The molecule has 0 aliphatic carbocycles. The highest BCUT2D eigenvalue weighted by Crippen LogP contribution is 2.25. The van der Waals surface area contributed by atoms with Crippen molar-refractivity contribution in [3.8, 4) is 5.69 Å². The number of halogens is 1. The summed E-state index contributed by atoms with van der Waals surface area (Å²) in [6, 6.07) is 8.53. The Bertz CT molecular complexity index is 518. The minimum atomic E-state index is -0.317. The smallest absolute Gasteiger partial charge is 0.185 e. The highest BCUT2D eigenvalue weighted by Gasteiger charge is 2.19. The normalized spacial score (nSPS) is 16.5. The van der Waals surface area contributed by atoms with Crippen molar-refractivity contribution < 1.29 is 13.9 Å². The number of hydrogen-bond acceptors (Lipinski definition) is 2. The first kappa shape index (κ1) is 10.5. The van der Waals surface area contributed by atoms with E-state index >= 15 is 0 Å². The molecule has 3 rings (SSSR count). The lowest BCUT2D eigenvalue weighted by Gasteiger charge is -2.06. The van der Waals surface area contributed by atoms with Crippen LogP contribution in [-0.4, -0.2) is 17.8 Å². The highest BCUT2D eigenvalue weighted by atomic mass is 19.1. The third kappa shape index (κ3) is 1.97. The molecule has 0 amide bonds. The molecule has 0 atom stereocenters. The summed E-state index contributed by atoms with van der Waals surface area (Å²) >= 11 is 0. The van der Waals surface area contributed by atoms with Gasteiger partial charge < -0.3 is 14.0 Å².